The summed E-state index contributed by atoms with van der Waals surface area (Å²) in [7, 11) is 6.00. The highest BCUT2D eigenvalue weighted by Crippen LogP contribution is 2.45. The number of hydrogen-bond acceptors (Lipinski definition) is 9. The number of fused-ring (bicyclic) bond motifs is 3. The first-order valence-corrected chi connectivity index (χ1v) is 12.8. The summed E-state index contributed by atoms with van der Waals surface area (Å²) in [4.78, 5) is 25.4. The predicted molar refractivity (Wildman–Crippen MR) is 152 cm³/mol. The number of rotatable bonds is 12. The van der Waals surface area contributed by atoms with E-state index in [2.05, 4.69) is 6.92 Å². The summed E-state index contributed by atoms with van der Waals surface area (Å²) in [5.74, 6) is 1.84. The Morgan fingerprint density at radius 2 is 1.60 bits per heavy atom. The van der Waals surface area contributed by atoms with Crippen molar-refractivity contribution in [3.8, 4) is 34.5 Å². The maximum absolute atomic E-state index is 12.8. The molecule has 0 saturated heterocycles. The topological polar surface area (TPSA) is 103 Å². The lowest BCUT2D eigenvalue weighted by Crippen LogP contribution is -2.05. The van der Waals surface area contributed by atoms with Crippen LogP contribution in [0.4, 0.5) is 0 Å². The fraction of sp³-hybridized carbons (Fsp3) is 0.290. The maximum Gasteiger partial charge on any atom is 0.344 e. The number of methoxy groups -OCH3 is 4. The van der Waals surface area contributed by atoms with Crippen molar-refractivity contribution in [2.45, 2.75) is 26.2 Å². The Morgan fingerprint density at radius 3 is 2.30 bits per heavy atom. The van der Waals surface area contributed by atoms with Crippen LogP contribution in [-0.4, -0.2) is 41.0 Å². The summed E-state index contributed by atoms with van der Waals surface area (Å²) in [5, 5.41) is 1.34. The summed E-state index contributed by atoms with van der Waals surface area (Å²) in [5.41, 5.74) is 0.357. The molecule has 0 aliphatic heterocycles. The molecule has 4 rings (SSSR count). The quantitative estimate of drug-likeness (QED) is 0.0514. The highest BCUT2D eigenvalue weighted by atomic mass is 16.5. The molecule has 210 valence electrons. The standard InChI is InChI=1S/C31H32O9/c1-6-7-8-15-38-23-13-9-19(16-25(23)34-2)10-14-27(32)39-20-11-12-21-24(17-20)40-31(33)22-18-26(35-3)29(36-4)30(37-5)28(21)22/h9-14,16-18H,6-8,15H2,1-5H3/b14-10+. The van der Waals surface area contributed by atoms with Crippen LogP contribution in [0.15, 0.2) is 57.8 Å². The first kappa shape index (κ1) is 28.4. The zero-order valence-electron chi connectivity index (χ0n) is 23.2. The van der Waals surface area contributed by atoms with Crippen LogP contribution in [0.1, 0.15) is 31.7 Å². The van der Waals surface area contributed by atoms with Gasteiger partial charge in [0.2, 0.25) is 5.75 Å². The molecule has 0 spiro atoms. The van der Waals surface area contributed by atoms with Crippen molar-refractivity contribution in [2.75, 3.05) is 35.0 Å². The van der Waals surface area contributed by atoms with Gasteiger partial charge in [0, 0.05) is 22.9 Å². The molecule has 9 nitrogen and oxygen atoms in total. The van der Waals surface area contributed by atoms with Gasteiger partial charge in [-0.3, -0.25) is 0 Å². The smallest absolute Gasteiger partial charge is 0.344 e. The summed E-state index contributed by atoms with van der Waals surface area (Å²) in [6.45, 7) is 2.75. The number of esters is 1. The second-order valence-corrected chi connectivity index (χ2v) is 8.84. The lowest BCUT2D eigenvalue weighted by atomic mass is 10.0. The molecule has 0 aliphatic rings. The average molecular weight is 549 g/mol. The molecular weight excluding hydrogens is 516 g/mol. The van der Waals surface area contributed by atoms with Gasteiger partial charge in [0.15, 0.2) is 23.0 Å². The molecule has 0 atom stereocenters. The van der Waals surface area contributed by atoms with E-state index in [4.69, 9.17) is 32.8 Å². The van der Waals surface area contributed by atoms with E-state index in [0.29, 0.717) is 46.1 Å². The number of unbranched alkanes of at least 4 members (excludes halogenated alkanes) is 2. The zero-order chi connectivity index (χ0) is 28.6. The minimum absolute atomic E-state index is 0.206. The van der Waals surface area contributed by atoms with Crippen molar-refractivity contribution in [1.29, 1.82) is 0 Å². The van der Waals surface area contributed by atoms with Crippen LogP contribution >= 0.6 is 0 Å². The van der Waals surface area contributed by atoms with E-state index in [9.17, 15) is 9.59 Å². The monoisotopic (exact) mass is 548 g/mol. The molecule has 1 heterocycles. The molecule has 0 saturated carbocycles. The molecule has 0 aliphatic carbocycles. The van der Waals surface area contributed by atoms with E-state index in [1.165, 1.54) is 33.5 Å². The Labute approximate surface area is 231 Å². The normalized spacial score (nSPS) is 11.1. The fourth-order valence-corrected chi connectivity index (χ4v) is 4.35. The third kappa shape index (κ3) is 5.98. The minimum atomic E-state index is -0.606. The number of carbonyl (C=O) groups is 1. The third-order valence-electron chi connectivity index (χ3n) is 6.30. The molecule has 40 heavy (non-hydrogen) atoms. The molecule has 0 fully saturated rings. The predicted octanol–water partition coefficient (Wildman–Crippen LogP) is 6.17. The number of ether oxygens (including phenoxy) is 6. The van der Waals surface area contributed by atoms with Gasteiger partial charge in [-0.1, -0.05) is 25.8 Å². The lowest BCUT2D eigenvalue weighted by Gasteiger charge is -2.15. The van der Waals surface area contributed by atoms with Crippen molar-refractivity contribution in [3.05, 3.63) is 64.5 Å². The molecule has 3 aromatic carbocycles. The maximum atomic E-state index is 12.8. The highest BCUT2D eigenvalue weighted by molar-refractivity contribution is 6.10. The Kier molecular flexibility index (Phi) is 9.16. The summed E-state index contributed by atoms with van der Waals surface area (Å²) >= 11 is 0. The van der Waals surface area contributed by atoms with E-state index in [-0.39, 0.29) is 16.7 Å². The number of carbonyl (C=O) groups excluding carboxylic acids is 1. The largest absolute Gasteiger partial charge is 0.493 e. The van der Waals surface area contributed by atoms with Crippen molar-refractivity contribution in [3.63, 3.8) is 0 Å². The summed E-state index contributed by atoms with van der Waals surface area (Å²) in [6.07, 6.45) is 6.11. The van der Waals surface area contributed by atoms with Crippen LogP contribution in [0.2, 0.25) is 0 Å². The van der Waals surface area contributed by atoms with Gasteiger partial charge < -0.3 is 32.8 Å². The van der Waals surface area contributed by atoms with Crippen molar-refractivity contribution < 1.29 is 37.6 Å². The van der Waals surface area contributed by atoms with E-state index < -0.39 is 11.6 Å². The molecule has 0 radical (unpaired) electrons. The van der Waals surface area contributed by atoms with E-state index >= 15 is 0 Å². The Bertz CT molecular complexity index is 1600. The van der Waals surface area contributed by atoms with Crippen LogP contribution in [0.25, 0.3) is 27.8 Å². The van der Waals surface area contributed by atoms with Crippen LogP contribution in [-0.2, 0) is 4.79 Å². The zero-order valence-corrected chi connectivity index (χ0v) is 23.2. The lowest BCUT2D eigenvalue weighted by molar-refractivity contribution is -0.128. The van der Waals surface area contributed by atoms with E-state index in [1.54, 1.807) is 37.5 Å². The van der Waals surface area contributed by atoms with Gasteiger partial charge in [-0.25, -0.2) is 9.59 Å². The van der Waals surface area contributed by atoms with Crippen molar-refractivity contribution >= 4 is 33.8 Å². The number of hydrogen-bond donors (Lipinski definition) is 0. The molecule has 9 heteroatoms. The van der Waals surface area contributed by atoms with Crippen LogP contribution in [0.3, 0.4) is 0 Å². The average Bonchev–Trinajstić information content (AvgIpc) is 2.97. The molecule has 0 unspecified atom stereocenters. The van der Waals surface area contributed by atoms with Crippen LogP contribution in [0, 0.1) is 0 Å². The van der Waals surface area contributed by atoms with Crippen molar-refractivity contribution in [1.82, 2.24) is 0 Å². The van der Waals surface area contributed by atoms with Gasteiger partial charge in [0.05, 0.1) is 40.4 Å². The molecule has 1 aromatic heterocycles. The molecule has 0 N–H and O–H groups in total. The summed E-state index contributed by atoms with van der Waals surface area (Å²) < 4.78 is 38.6. The second kappa shape index (κ2) is 12.9. The van der Waals surface area contributed by atoms with Gasteiger partial charge in [-0.2, -0.15) is 0 Å². The molecular formula is C31H32O9. The van der Waals surface area contributed by atoms with Gasteiger partial charge in [-0.15, -0.1) is 0 Å². The molecule has 0 bridgehead atoms. The number of benzene rings is 3. The highest BCUT2D eigenvalue weighted by Gasteiger charge is 2.21. The minimum Gasteiger partial charge on any atom is -0.493 e. The van der Waals surface area contributed by atoms with Gasteiger partial charge >= 0.3 is 11.6 Å². The summed E-state index contributed by atoms with van der Waals surface area (Å²) in [6, 6.07) is 11.7. The molecule has 0 amide bonds. The van der Waals surface area contributed by atoms with E-state index in [1.807, 2.05) is 12.1 Å². The Balaban J connectivity index is 1.57. The van der Waals surface area contributed by atoms with E-state index in [0.717, 1.165) is 24.8 Å². The van der Waals surface area contributed by atoms with Crippen molar-refractivity contribution in [2.24, 2.45) is 0 Å². The van der Waals surface area contributed by atoms with Crippen LogP contribution < -0.4 is 34.0 Å². The Morgan fingerprint density at radius 1 is 0.825 bits per heavy atom. The Hall–Kier alpha value is -4.66. The third-order valence-corrected chi connectivity index (χ3v) is 6.30. The SMILES string of the molecule is CCCCCOc1ccc(/C=C/C(=O)Oc2ccc3c(c2)oc(=O)c2cc(OC)c(OC)c(OC)c23)cc1OC. The first-order valence-electron chi connectivity index (χ1n) is 12.8. The van der Waals surface area contributed by atoms with Crippen LogP contribution in [0.5, 0.6) is 34.5 Å². The van der Waals surface area contributed by atoms with Gasteiger partial charge in [-0.05, 0) is 48.4 Å². The second-order valence-electron chi connectivity index (χ2n) is 8.84. The van der Waals surface area contributed by atoms with Gasteiger partial charge in [0.1, 0.15) is 11.3 Å². The first-order chi connectivity index (χ1) is 19.4. The fourth-order valence-electron chi connectivity index (χ4n) is 4.35. The molecule has 4 aromatic rings. The van der Waals surface area contributed by atoms with Gasteiger partial charge in [0.25, 0.3) is 0 Å².